The molecule has 138 valence electrons. The first-order valence-electron chi connectivity index (χ1n) is 9.11. The number of hydrogen-bond donors (Lipinski definition) is 1. The van der Waals surface area contributed by atoms with Gasteiger partial charge in [0.15, 0.2) is 0 Å². The Kier molecular flexibility index (Phi) is 6.12. The van der Waals surface area contributed by atoms with Crippen molar-refractivity contribution in [2.24, 2.45) is 0 Å². The maximum atomic E-state index is 12.3. The molecule has 0 aliphatic carbocycles. The fourth-order valence-corrected chi connectivity index (χ4v) is 3.29. The summed E-state index contributed by atoms with van der Waals surface area (Å²) in [4.78, 5) is 16.9. The molecule has 0 saturated carbocycles. The second-order valence-corrected chi connectivity index (χ2v) is 6.66. The summed E-state index contributed by atoms with van der Waals surface area (Å²) in [5.74, 6) is 0.954. The summed E-state index contributed by atoms with van der Waals surface area (Å²) >= 11 is 0. The number of hydrogen-bond acceptors (Lipinski definition) is 4. The van der Waals surface area contributed by atoms with Gasteiger partial charge in [0.1, 0.15) is 5.75 Å². The van der Waals surface area contributed by atoms with Gasteiger partial charge >= 0.3 is 0 Å². The second-order valence-electron chi connectivity index (χ2n) is 6.66. The Balaban J connectivity index is 1.47. The van der Waals surface area contributed by atoms with Gasteiger partial charge in [0.2, 0.25) is 5.91 Å². The zero-order chi connectivity index (χ0) is 18.4. The molecule has 0 spiro atoms. The van der Waals surface area contributed by atoms with E-state index < -0.39 is 0 Å². The van der Waals surface area contributed by atoms with E-state index in [1.807, 2.05) is 49.4 Å². The molecule has 0 bridgehead atoms. The average molecular weight is 353 g/mol. The molecule has 3 rings (SSSR count). The topological polar surface area (TPSA) is 44.8 Å². The highest BCUT2D eigenvalue weighted by Crippen LogP contribution is 2.22. The standard InChI is InChI=1S/C21H27N3O2/c1-17(18-7-4-3-5-8-18)22-21(25)16-23-11-13-24(14-12-23)19-9-6-10-20(15-19)26-2/h3-10,15,17H,11-14,16H2,1-2H3,(H,22,25). The van der Waals surface area contributed by atoms with Gasteiger partial charge in [-0.1, -0.05) is 36.4 Å². The summed E-state index contributed by atoms with van der Waals surface area (Å²) < 4.78 is 5.30. The number of carbonyl (C=O) groups is 1. The predicted octanol–water partition coefficient (Wildman–Crippen LogP) is 2.69. The molecule has 1 fully saturated rings. The van der Waals surface area contributed by atoms with Crippen LogP contribution in [0.3, 0.4) is 0 Å². The lowest BCUT2D eigenvalue weighted by molar-refractivity contribution is -0.123. The van der Waals surface area contributed by atoms with Crippen LogP contribution in [0.4, 0.5) is 5.69 Å². The van der Waals surface area contributed by atoms with E-state index in [0.29, 0.717) is 6.54 Å². The average Bonchev–Trinajstić information content (AvgIpc) is 2.69. The van der Waals surface area contributed by atoms with Crippen molar-refractivity contribution in [3.05, 3.63) is 60.2 Å². The van der Waals surface area contributed by atoms with Crippen LogP contribution in [-0.2, 0) is 4.79 Å². The van der Waals surface area contributed by atoms with Gasteiger partial charge in [-0.2, -0.15) is 0 Å². The smallest absolute Gasteiger partial charge is 0.234 e. The Hall–Kier alpha value is -2.53. The number of amides is 1. The van der Waals surface area contributed by atoms with Crippen LogP contribution in [0.5, 0.6) is 5.75 Å². The molecule has 1 heterocycles. The Bertz CT molecular complexity index is 712. The van der Waals surface area contributed by atoms with E-state index in [2.05, 4.69) is 27.2 Å². The van der Waals surface area contributed by atoms with E-state index in [-0.39, 0.29) is 11.9 Å². The van der Waals surface area contributed by atoms with Gasteiger partial charge in [-0.3, -0.25) is 9.69 Å². The molecule has 0 aromatic heterocycles. The highest BCUT2D eigenvalue weighted by atomic mass is 16.5. The molecule has 2 aromatic carbocycles. The lowest BCUT2D eigenvalue weighted by Crippen LogP contribution is -2.49. The third kappa shape index (κ3) is 4.76. The minimum absolute atomic E-state index is 0.0294. The maximum absolute atomic E-state index is 12.3. The zero-order valence-electron chi connectivity index (χ0n) is 15.5. The third-order valence-electron chi connectivity index (χ3n) is 4.84. The molecule has 26 heavy (non-hydrogen) atoms. The number of methoxy groups -OCH3 is 1. The van der Waals surface area contributed by atoms with Crippen LogP contribution in [0.15, 0.2) is 54.6 Å². The van der Waals surface area contributed by atoms with Crippen LogP contribution < -0.4 is 15.0 Å². The molecule has 5 nitrogen and oxygen atoms in total. The Morgan fingerprint density at radius 1 is 1.08 bits per heavy atom. The molecule has 1 atom stereocenters. The number of nitrogens with one attached hydrogen (secondary N) is 1. The molecule has 0 radical (unpaired) electrons. The SMILES string of the molecule is COc1cccc(N2CCN(CC(=O)NC(C)c3ccccc3)CC2)c1. The number of rotatable bonds is 6. The molecular weight excluding hydrogens is 326 g/mol. The predicted molar refractivity (Wildman–Crippen MR) is 105 cm³/mol. The molecule has 1 saturated heterocycles. The van der Waals surface area contributed by atoms with Gasteiger partial charge in [0, 0.05) is 37.9 Å². The van der Waals surface area contributed by atoms with E-state index >= 15 is 0 Å². The van der Waals surface area contributed by atoms with Gasteiger partial charge in [-0.25, -0.2) is 0 Å². The van der Waals surface area contributed by atoms with E-state index in [1.165, 1.54) is 5.69 Å². The summed E-state index contributed by atoms with van der Waals surface area (Å²) in [5.41, 5.74) is 2.30. The summed E-state index contributed by atoms with van der Waals surface area (Å²) in [6.45, 7) is 6.05. The Morgan fingerprint density at radius 2 is 1.81 bits per heavy atom. The highest BCUT2D eigenvalue weighted by molar-refractivity contribution is 5.78. The molecule has 1 N–H and O–H groups in total. The van der Waals surface area contributed by atoms with E-state index in [1.54, 1.807) is 7.11 Å². The highest BCUT2D eigenvalue weighted by Gasteiger charge is 2.20. The summed E-state index contributed by atoms with van der Waals surface area (Å²) in [6.07, 6.45) is 0. The fraction of sp³-hybridized carbons (Fsp3) is 0.381. The number of piperazine rings is 1. The summed E-state index contributed by atoms with van der Waals surface area (Å²) in [5, 5.41) is 3.09. The van der Waals surface area contributed by atoms with Crippen molar-refractivity contribution in [3.8, 4) is 5.75 Å². The number of nitrogens with zero attached hydrogens (tertiary/aromatic N) is 2. The molecule has 2 aromatic rings. The summed E-state index contributed by atoms with van der Waals surface area (Å²) in [7, 11) is 1.69. The molecule has 5 heteroatoms. The van der Waals surface area contributed by atoms with Crippen molar-refractivity contribution in [2.45, 2.75) is 13.0 Å². The second kappa shape index (κ2) is 8.72. The Morgan fingerprint density at radius 3 is 2.50 bits per heavy atom. The first kappa shape index (κ1) is 18.3. The van der Waals surface area contributed by atoms with Crippen molar-refractivity contribution in [3.63, 3.8) is 0 Å². The van der Waals surface area contributed by atoms with Crippen molar-refractivity contribution in [1.29, 1.82) is 0 Å². The fourth-order valence-electron chi connectivity index (χ4n) is 3.29. The minimum Gasteiger partial charge on any atom is -0.497 e. The van der Waals surface area contributed by atoms with Crippen molar-refractivity contribution >= 4 is 11.6 Å². The van der Waals surface area contributed by atoms with Crippen LogP contribution in [0.2, 0.25) is 0 Å². The van der Waals surface area contributed by atoms with Crippen LogP contribution in [0.25, 0.3) is 0 Å². The van der Waals surface area contributed by atoms with Crippen LogP contribution in [0, 0.1) is 0 Å². The molecule has 1 amide bonds. The van der Waals surface area contributed by atoms with Crippen molar-refractivity contribution in [2.75, 3.05) is 44.7 Å². The quantitative estimate of drug-likeness (QED) is 0.867. The van der Waals surface area contributed by atoms with Crippen LogP contribution in [0.1, 0.15) is 18.5 Å². The monoisotopic (exact) mass is 353 g/mol. The largest absolute Gasteiger partial charge is 0.497 e. The van der Waals surface area contributed by atoms with Gasteiger partial charge < -0.3 is 15.0 Å². The van der Waals surface area contributed by atoms with Crippen LogP contribution in [-0.4, -0.2) is 50.6 Å². The van der Waals surface area contributed by atoms with Gasteiger partial charge in [0.25, 0.3) is 0 Å². The van der Waals surface area contributed by atoms with E-state index in [9.17, 15) is 4.79 Å². The van der Waals surface area contributed by atoms with Crippen LogP contribution >= 0.6 is 0 Å². The van der Waals surface area contributed by atoms with E-state index in [4.69, 9.17) is 4.74 Å². The molecule has 1 aliphatic heterocycles. The first-order chi connectivity index (χ1) is 12.7. The molecular formula is C21H27N3O2. The lowest BCUT2D eigenvalue weighted by atomic mass is 10.1. The Labute approximate surface area is 155 Å². The molecule has 1 aliphatic rings. The normalized spacial score (nSPS) is 16.2. The zero-order valence-corrected chi connectivity index (χ0v) is 15.5. The number of carbonyl (C=O) groups excluding carboxylic acids is 1. The third-order valence-corrected chi connectivity index (χ3v) is 4.84. The number of ether oxygens (including phenoxy) is 1. The lowest BCUT2D eigenvalue weighted by Gasteiger charge is -2.36. The van der Waals surface area contributed by atoms with Crippen molar-refractivity contribution in [1.82, 2.24) is 10.2 Å². The van der Waals surface area contributed by atoms with Gasteiger partial charge in [0.05, 0.1) is 19.7 Å². The maximum Gasteiger partial charge on any atom is 0.234 e. The first-order valence-corrected chi connectivity index (χ1v) is 9.11. The van der Waals surface area contributed by atoms with Gasteiger partial charge in [-0.05, 0) is 24.6 Å². The van der Waals surface area contributed by atoms with E-state index in [0.717, 1.165) is 37.5 Å². The molecule has 1 unspecified atom stereocenters. The summed E-state index contributed by atoms with van der Waals surface area (Å²) in [6, 6.07) is 18.2. The van der Waals surface area contributed by atoms with Crippen molar-refractivity contribution < 1.29 is 9.53 Å². The number of anilines is 1. The van der Waals surface area contributed by atoms with Gasteiger partial charge in [-0.15, -0.1) is 0 Å². The number of benzene rings is 2. The minimum atomic E-state index is 0.0294.